The summed E-state index contributed by atoms with van der Waals surface area (Å²) in [5, 5.41) is 10.8. The minimum Gasteiger partial charge on any atom is -0.467 e. The van der Waals surface area contributed by atoms with Gasteiger partial charge < -0.3 is 15.5 Å². The second-order valence-electron chi connectivity index (χ2n) is 3.20. The molecule has 2 rings (SSSR count). The average molecular weight is 269 g/mol. The van der Waals surface area contributed by atoms with Crippen LogP contribution < -0.4 is 5.32 Å². The molecular weight excluding hydrogens is 260 g/mol. The van der Waals surface area contributed by atoms with Crippen molar-refractivity contribution in [2.75, 3.05) is 12.4 Å². The highest BCUT2D eigenvalue weighted by molar-refractivity contribution is 9.10. The van der Waals surface area contributed by atoms with Crippen LogP contribution in [0.3, 0.4) is 0 Å². The molecule has 0 bridgehead atoms. The third kappa shape index (κ3) is 1.63. The standard InChI is InChI=1S/C10H9BrN2O2/c1-15-10(14)9-8(12)6-3-2-5(11)4-7(6)13-9/h2-4,9,12-13H,1H3/t9-/m0/s1. The summed E-state index contributed by atoms with van der Waals surface area (Å²) in [6.45, 7) is 0. The molecule has 1 aliphatic heterocycles. The predicted molar refractivity (Wildman–Crippen MR) is 60.4 cm³/mol. The molecule has 1 heterocycles. The molecule has 5 heteroatoms. The van der Waals surface area contributed by atoms with Crippen LogP contribution in [0, 0.1) is 5.41 Å². The number of benzene rings is 1. The number of esters is 1. The van der Waals surface area contributed by atoms with E-state index in [-0.39, 0.29) is 5.71 Å². The van der Waals surface area contributed by atoms with Gasteiger partial charge in [-0.15, -0.1) is 0 Å². The monoisotopic (exact) mass is 268 g/mol. The van der Waals surface area contributed by atoms with Crippen LogP contribution >= 0.6 is 15.9 Å². The third-order valence-corrected chi connectivity index (χ3v) is 2.79. The summed E-state index contributed by atoms with van der Waals surface area (Å²) in [6, 6.07) is 4.80. The molecule has 0 spiro atoms. The number of carbonyl (C=O) groups is 1. The number of carbonyl (C=O) groups excluding carboxylic acids is 1. The van der Waals surface area contributed by atoms with Crippen molar-refractivity contribution in [3.63, 3.8) is 0 Å². The van der Waals surface area contributed by atoms with Gasteiger partial charge >= 0.3 is 5.97 Å². The molecule has 0 saturated heterocycles. The summed E-state index contributed by atoms with van der Waals surface area (Å²) in [6.07, 6.45) is 0. The molecule has 1 atom stereocenters. The van der Waals surface area contributed by atoms with E-state index in [2.05, 4.69) is 26.0 Å². The van der Waals surface area contributed by atoms with Crippen molar-refractivity contribution < 1.29 is 9.53 Å². The second kappa shape index (κ2) is 3.66. The fourth-order valence-corrected chi connectivity index (χ4v) is 1.91. The Bertz CT molecular complexity index is 445. The normalized spacial score (nSPS) is 18.3. The Kier molecular flexibility index (Phi) is 2.48. The van der Waals surface area contributed by atoms with E-state index in [0.717, 1.165) is 15.7 Å². The van der Waals surface area contributed by atoms with Gasteiger partial charge in [0.15, 0.2) is 6.04 Å². The zero-order valence-corrected chi connectivity index (χ0v) is 9.59. The Morgan fingerprint density at radius 3 is 3.00 bits per heavy atom. The second-order valence-corrected chi connectivity index (χ2v) is 4.12. The van der Waals surface area contributed by atoms with Crippen molar-refractivity contribution >= 4 is 33.3 Å². The molecule has 0 aliphatic carbocycles. The van der Waals surface area contributed by atoms with Crippen molar-refractivity contribution in [3.05, 3.63) is 28.2 Å². The lowest BCUT2D eigenvalue weighted by Crippen LogP contribution is -2.33. The van der Waals surface area contributed by atoms with Crippen LogP contribution in [0.5, 0.6) is 0 Å². The highest BCUT2D eigenvalue weighted by atomic mass is 79.9. The smallest absolute Gasteiger partial charge is 0.334 e. The number of methoxy groups -OCH3 is 1. The van der Waals surface area contributed by atoms with Gasteiger partial charge in [0.1, 0.15) is 0 Å². The van der Waals surface area contributed by atoms with Crippen molar-refractivity contribution in [1.82, 2.24) is 0 Å². The average Bonchev–Trinajstić information content (AvgIpc) is 2.54. The summed E-state index contributed by atoms with van der Waals surface area (Å²) in [5.41, 5.74) is 1.78. The molecule has 1 aliphatic rings. The first kappa shape index (κ1) is 10.2. The molecule has 1 aromatic rings. The van der Waals surface area contributed by atoms with E-state index in [4.69, 9.17) is 5.41 Å². The highest BCUT2D eigenvalue weighted by Crippen LogP contribution is 2.29. The summed E-state index contributed by atoms with van der Waals surface area (Å²) >= 11 is 3.33. The maximum atomic E-state index is 11.3. The van der Waals surface area contributed by atoms with Gasteiger partial charge in [-0.3, -0.25) is 0 Å². The van der Waals surface area contributed by atoms with Crippen LogP contribution in [0.15, 0.2) is 22.7 Å². The molecule has 0 unspecified atom stereocenters. The molecular formula is C10H9BrN2O2. The summed E-state index contributed by atoms with van der Waals surface area (Å²) in [4.78, 5) is 11.3. The number of hydrogen-bond acceptors (Lipinski definition) is 4. The predicted octanol–water partition coefficient (Wildman–Crippen LogP) is 1.78. The van der Waals surface area contributed by atoms with Gasteiger partial charge in [-0.2, -0.15) is 0 Å². The quantitative estimate of drug-likeness (QED) is 0.764. The first-order valence-corrected chi connectivity index (χ1v) is 5.15. The molecule has 1 aromatic carbocycles. The van der Waals surface area contributed by atoms with Gasteiger partial charge in [-0.1, -0.05) is 15.9 Å². The van der Waals surface area contributed by atoms with Gasteiger partial charge in [0, 0.05) is 15.7 Å². The van der Waals surface area contributed by atoms with E-state index in [1.165, 1.54) is 7.11 Å². The van der Waals surface area contributed by atoms with Crippen LogP contribution in [-0.4, -0.2) is 24.8 Å². The number of anilines is 1. The zero-order valence-electron chi connectivity index (χ0n) is 8.00. The Morgan fingerprint density at radius 1 is 1.60 bits per heavy atom. The van der Waals surface area contributed by atoms with Crippen LogP contribution in [0.2, 0.25) is 0 Å². The molecule has 0 saturated carbocycles. The first-order chi connectivity index (χ1) is 7.13. The Morgan fingerprint density at radius 2 is 2.33 bits per heavy atom. The molecule has 78 valence electrons. The van der Waals surface area contributed by atoms with Gasteiger partial charge in [0.2, 0.25) is 0 Å². The van der Waals surface area contributed by atoms with Gasteiger partial charge in [-0.05, 0) is 18.2 Å². The third-order valence-electron chi connectivity index (χ3n) is 2.30. The Balaban J connectivity index is 2.37. The van der Waals surface area contributed by atoms with Crippen molar-refractivity contribution in [3.8, 4) is 0 Å². The number of halogens is 1. The first-order valence-electron chi connectivity index (χ1n) is 4.36. The zero-order chi connectivity index (χ0) is 11.0. The van der Waals surface area contributed by atoms with Crippen LogP contribution in [0.4, 0.5) is 5.69 Å². The number of hydrogen-bond donors (Lipinski definition) is 2. The molecule has 0 amide bonds. The number of rotatable bonds is 1. The lowest BCUT2D eigenvalue weighted by atomic mass is 10.1. The summed E-state index contributed by atoms with van der Waals surface area (Å²) in [5.74, 6) is -0.438. The van der Waals surface area contributed by atoms with E-state index in [1.54, 1.807) is 6.07 Å². The molecule has 0 radical (unpaired) electrons. The van der Waals surface area contributed by atoms with E-state index in [0.29, 0.717) is 0 Å². The van der Waals surface area contributed by atoms with Crippen LogP contribution in [0.1, 0.15) is 5.56 Å². The Hall–Kier alpha value is -1.36. The van der Waals surface area contributed by atoms with Crippen molar-refractivity contribution in [2.24, 2.45) is 0 Å². The molecule has 0 fully saturated rings. The summed E-state index contributed by atoms with van der Waals surface area (Å²) in [7, 11) is 1.32. The minimum atomic E-state index is -0.681. The van der Waals surface area contributed by atoms with Crippen molar-refractivity contribution in [2.45, 2.75) is 6.04 Å². The lowest BCUT2D eigenvalue weighted by Gasteiger charge is -2.07. The molecule has 15 heavy (non-hydrogen) atoms. The van der Waals surface area contributed by atoms with E-state index in [9.17, 15) is 4.79 Å². The van der Waals surface area contributed by atoms with Crippen molar-refractivity contribution in [1.29, 1.82) is 5.41 Å². The SMILES string of the molecule is COC(=O)[C@H]1Nc2cc(Br)ccc2C1=N. The summed E-state index contributed by atoms with van der Waals surface area (Å²) < 4.78 is 5.52. The largest absolute Gasteiger partial charge is 0.467 e. The van der Waals surface area contributed by atoms with Crippen LogP contribution in [-0.2, 0) is 9.53 Å². The highest BCUT2D eigenvalue weighted by Gasteiger charge is 2.32. The van der Waals surface area contributed by atoms with Gasteiger partial charge in [-0.25, -0.2) is 4.79 Å². The van der Waals surface area contributed by atoms with E-state index < -0.39 is 12.0 Å². The van der Waals surface area contributed by atoms with Gasteiger partial charge in [0.25, 0.3) is 0 Å². The van der Waals surface area contributed by atoms with E-state index in [1.807, 2.05) is 12.1 Å². The number of nitrogens with one attached hydrogen (secondary N) is 2. The number of fused-ring (bicyclic) bond motifs is 1. The van der Waals surface area contributed by atoms with Crippen LogP contribution in [0.25, 0.3) is 0 Å². The fraction of sp³-hybridized carbons (Fsp3) is 0.200. The topological polar surface area (TPSA) is 62.2 Å². The number of ether oxygens (including phenoxy) is 1. The van der Waals surface area contributed by atoms with Gasteiger partial charge in [0.05, 0.1) is 12.8 Å². The molecule has 2 N–H and O–H groups in total. The molecule has 0 aromatic heterocycles. The van der Waals surface area contributed by atoms with E-state index >= 15 is 0 Å². The fourth-order valence-electron chi connectivity index (χ4n) is 1.55. The Labute approximate surface area is 95.3 Å². The molecule has 4 nitrogen and oxygen atoms in total. The lowest BCUT2D eigenvalue weighted by molar-refractivity contribution is -0.139. The maximum Gasteiger partial charge on any atom is 0.334 e. The minimum absolute atomic E-state index is 0.254. The maximum absolute atomic E-state index is 11.3.